The van der Waals surface area contributed by atoms with Gasteiger partial charge in [-0.3, -0.25) is 4.79 Å². The molecule has 0 aliphatic carbocycles. The van der Waals surface area contributed by atoms with Gasteiger partial charge in [0.1, 0.15) is 12.4 Å². The normalized spacial score (nSPS) is 10.8. The van der Waals surface area contributed by atoms with Gasteiger partial charge in [0.25, 0.3) is 5.91 Å². The van der Waals surface area contributed by atoms with E-state index in [1.807, 2.05) is 80.4 Å². The van der Waals surface area contributed by atoms with Crippen molar-refractivity contribution in [3.8, 4) is 5.75 Å². The molecule has 6 nitrogen and oxygen atoms in total. The zero-order chi connectivity index (χ0) is 21.8. The number of benzene rings is 2. The standard InChI is InChI=1S/C24H34N4O2.HI/c1-5-25-24(27(4)17-18-30-22-11-9-8-10-12-22)26-19-20-13-15-21(16-14-20)23(29)28(6-2)7-3;/h8-16H,5-7,17-19H2,1-4H3,(H,25,26);1H. The van der Waals surface area contributed by atoms with Gasteiger partial charge in [0.15, 0.2) is 5.96 Å². The third kappa shape index (κ3) is 8.77. The van der Waals surface area contributed by atoms with Crippen LogP contribution in [0.4, 0.5) is 0 Å². The molecular weight excluding hydrogens is 503 g/mol. The van der Waals surface area contributed by atoms with Gasteiger partial charge in [-0.05, 0) is 50.6 Å². The van der Waals surface area contributed by atoms with Gasteiger partial charge >= 0.3 is 0 Å². The molecule has 0 aliphatic rings. The minimum atomic E-state index is 0. The summed E-state index contributed by atoms with van der Waals surface area (Å²) in [6, 6.07) is 17.5. The summed E-state index contributed by atoms with van der Waals surface area (Å²) in [5.41, 5.74) is 1.78. The molecule has 170 valence electrons. The number of halogens is 1. The van der Waals surface area contributed by atoms with Gasteiger partial charge in [0, 0.05) is 32.2 Å². The highest BCUT2D eigenvalue weighted by Gasteiger charge is 2.12. The van der Waals surface area contributed by atoms with Crippen LogP contribution in [0.5, 0.6) is 5.75 Å². The Morgan fingerprint density at radius 1 is 1.00 bits per heavy atom. The molecule has 7 heteroatoms. The topological polar surface area (TPSA) is 57.2 Å². The average Bonchev–Trinajstić information content (AvgIpc) is 2.78. The minimum Gasteiger partial charge on any atom is -0.492 e. The molecule has 0 bridgehead atoms. The Bertz CT molecular complexity index is 793. The third-order valence-electron chi connectivity index (χ3n) is 4.80. The number of nitrogens with zero attached hydrogens (tertiary/aromatic N) is 3. The van der Waals surface area contributed by atoms with Gasteiger partial charge in [-0.15, -0.1) is 24.0 Å². The lowest BCUT2D eigenvalue weighted by atomic mass is 10.1. The van der Waals surface area contributed by atoms with E-state index in [1.165, 1.54) is 0 Å². The summed E-state index contributed by atoms with van der Waals surface area (Å²) in [7, 11) is 2.00. The number of likely N-dealkylation sites (N-methyl/N-ethyl adjacent to an activating group) is 1. The van der Waals surface area contributed by atoms with Gasteiger partial charge in [-0.25, -0.2) is 4.99 Å². The molecule has 0 saturated carbocycles. The van der Waals surface area contributed by atoms with Crippen molar-refractivity contribution in [1.29, 1.82) is 0 Å². The van der Waals surface area contributed by atoms with Crippen LogP contribution in [-0.4, -0.2) is 61.5 Å². The van der Waals surface area contributed by atoms with Crippen LogP contribution in [0.3, 0.4) is 0 Å². The Balaban J connectivity index is 0.00000480. The first-order valence-corrected chi connectivity index (χ1v) is 10.6. The van der Waals surface area contributed by atoms with Crippen molar-refractivity contribution in [2.24, 2.45) is 4.99 Å². The maximum Gasteiger partial charge on any atom is 0.253 e. The van der Waals surface area contributed by atoms with Crippen LogP contribution < -0.4 is 10.1 Å². The number of carbonyl (C=O) groups is 1. The molecule has 0 radical (unpaired) electrons. The Labute approximate surface area is 203 Å². The van der Waals surface area contributed by atoms with E-state index in [1.54, 1.807) is 0 Å². The van der Waals surface area contributed by atoms with Gasteiger partial charge < -0.3 is 19.9 Å². The highest BCUT2D eigenvalue weighted by atomic mass is 127. The highest BCUT2D eigenvalue weighted by molar-refractivity contribution is 14.0. The maximum absolute atomic E-state index is 12.4. The van der Waals surface area contributed by atoms with Gasteiger partial charge in [-0.2, -0.15) is 0 Å². The number of para-hydroxylation sites is 1. The smallest absolute Gasteiger partial charge is 0.253 e. The fraction of sp³-hybridized carbons (Fsp3) is 0.417. The fourth-order valence-electron chi connectivity index (χ4n) is 3.01. The molecule has 0 aromatic heterocycles. The number of hydrogen-bond acceptors (Lipinski definition) is 3. The van der Waals surface area contributed by atoms with E-state index < -0.39 is 0 Å². The summed E-state index contributed by atoms with van der Waals surface area (Å²) >= 11 is 0. The molecule has 0 saturated heterocycles. The van der Waals surface area contributed by atoms with E-state index in [4.69, 9.17) is 9.73 Å². The predicted octanol–water partition coefficient (Wildman–Crippen LogP) is 4.26. The monoisotopic (exact) mass is 538 g/mol. The summed E-state index contributed by atoms with van der Waals surface area (Å²) in [5.74, 6) is 1.77. The summed E-state index contributed by atoms with van der Waals surface area (Å²) in [5, 5.41) is 3.32. The molecule has 2 aromatic carbocycles. The van der Waals surface area contributed by atoms with Gasteiger partial charge in [0.05, 0.1) is 13.1 Å². The van der Waals surface area contributed by atoms with Crippen molar-refractivity contribution in [3.05, 3.63) is 65.7 Å². The number of carbonyl (C=O) groups excluding carboxylic acids is 1. The first-order chi connectivity index (χ1) is 14.6. The second-order valence-electron chi connectivity index (χ2n) is 6.93. The number of ether oxygens (including phenoxy) is 1. The van der Waals surface area contributed by atoms with Crippen LogP contribution in [0.25, 0.3) is 0 Å². The number of hydrogen-bond donors (Lipinski definition) is 1. The van der Waals surface area contributed by atoms with Crippen LogP contribution in [-0.2, 0) is 6.54 Å². The molecule has 2 rings (SSSR count). The van der Waals surface area contributed by atoms with Crippen molar-refractivity contribution in [2.75, 3.05) is 39.8 Å². The lowest BCUT2D eigenvalue weighted by Crippen LogP contribution is -2.40. The summed E-state index contributed by atoms with van der Waals surface area (Å²) < 4.78 is 5.78. The average molecular weight is 538 g/mol. The molecular formula is C24H35IN4O2. The van der Waals surface area contributed by atoms with Crippen molar-refractivity contribution >= 4 is 35.8 Å². The van der Waals surface area contributed by atoms with Gasteiger partial charge in [-0.1, -0.05) is 30.3 Å². The van der Waals surface area contributed by atoms with E-state index in [-0.39, 0.29) is 29.9 Å². The van der Waals surface area contributed by atoms with Gasteiger partial charge in [0.2, 0.25) is 0 Å². The molecule has 31 heavy (non-hydrogen) atoms. The van der Waals surface area contributed by atoms with Crippen LogP contribution in [0, 0.1) is 0 Å². The number of rotatable bonds is 10. The number of nitrogens with one attached hydrogen (secondary N) is 1. The van der Waals surface area contributed by atoms with E-state index in [0.717, 1.165) is 30.4 Å². The zero-order valence-electron chi connectivity index (χ0n) is 19.0. The molecule has 0 atom stereocenters. The second-order valence-corrected chi connectivity index (χ2v) is 6.93. The lowest BCUT2D eigenvalue weighted by molar-refractivity contribution is 0.0773. The number of aliphatic imine (C=N–C) groups is 1. The Hall–Kier alpha value is -2.29. The molecule has 2 aromatic rings. The van der Waals surface area contributed by atoms with Crippen molar-refractivity contribution in [2.45, 2.75) is 27.3 Å². The van der Waals surface area contributed by atoms with Crippen molar-refractivity contribution in [3.63, 3.8) is 0 Å². The summed E-state index contributed by atoms with van der Waals surface area (Å²) in [4.78, 5) is 21.0. The fourth-order valence-corrected chi connectivity index (χ4v) is 3.01. The van der Waals surface area contributed by atoms with Crippen molar-refractivity contribution in [1.82, 2.24) is 15.1 Å². The third-order valence-corrected chi connectivity index (χ3v) is 4.80. The van der Waals surface area contributed by atoms with Crippen LogP contribution in [0.15, 0.2) is 59.6 Å². The molecule has 0 fully saturated rings. The largest absolute Gasteiger partial charge is 0.492 e. The quantitative estimate of drug-likeness (QED) is 0.279. The maximum atomic E-state index is 12.4. The number of amides is 1. The van der Waals surface area contributed by atoms with Crippen LogP contribution >= 0.6 is 24.0 Å². The summed E-state index contributed by atoms with van der Waals surface area (Å²) in [6.45, 7) is 10.1. The molecule has 1 amide bonds. The van der Waals surface area contributed by atoms with E-state index in [2.05, 4.69) is 17.1 Å². The molecule has 0 spiro atoms. The molecule has 0 aliphatic heterocycles. The Morgan fingerprint density at radius 3 is 2.23 bits per heavy atom. The molecule has 1 N–H and O–H groups in total. The Kier molecular flexibility index (Phi) is 12.7. The molecule has 0 unspecified atom stereocenters. The van der Waals surface area contributed by atoms with Crippen molar-refractivity contribution < 1.29 is 9.53 Å². The van der Waals surface area contributed by atoms with Crippen LogP contribution in [0.1, 0.15) is 36.7 Å². The lowest BCUT2D eigenvalue weighted by Gasteiger charge is -2.22. The summed E-state index contributed by atoms with van der Waals surface area (Å²) in [6.07, 6.45) is 0. The SMILES string of the molecule is CCNC(=NCc1ccc(C(=O)N(CC)CC)cc1)N(C)CCOc1ccccc1.I. The van der Waals surface area contributed by atoms with E-state index in [9.17, 15) is 4.79 Å². The predicted molar refractivity (Wildman–Crippen MR) is 138 cm³/mol. The number of guanidine groups is 1. The molecule has 0 heterocycles. The minimum absolute atomic E-state index is 0. The first-order valence-electron chi connectivity index (χ1n) is 10.6. The Morgan fingerprint density at radius 2 is 1.65 bits per heavy atom. The second kappa shape index (κ2) is 14.7. The highest BCUT2D eigenvalue weighted by Crippen LogP contribution is 2.10. The zero-order valence-corrected chi connectivity index (χ0v) is 21.3. The van der Waals surface area contributed by atoms with E-state index in [0.29, 0.717) is 31.8 Å². The van der Waals surface area contributed by atoms with E-state index >= 15 is 0 Å². The van der Waals surface area contributed by atoms with Crippen LogP contribution in [0.2, 0.25) is 0 Å². The first kappa shape index (κ1) is 26.7.